The van der Waals surface area contributed by atoms with Gasteiger partial charge in [-0.05, 0) is 36.8 Å². The van der Waals surface area contributed by atoms with Crippen LogP contribution in [0.2, 0.25) is 0 Å². The Bertz CT molecular complexity index is 1100. The van der Waals surface area contributed by atoms with Gasteiger partial charge in [0.05, 0.1) is 21.6 Å². The molecule has 2 aliphatic heterocycles. The van der Waals surface area contributed by atoms with E-state index in [0.29, 0.717) is 11.3 Å². The Hall–Kier alpha value is -2.76. The number of carbonyl (C=O) groups excluding carboxylic acids is 1. The molecule has 2 aliphatic rings. The van der Waals surface area contributed by atoms with E-state index in [1.165, 1.54) is 35.2 Å². The molecule has 11 heteroatoms. The average Bonchev–Trinajstić information content (AvgIpc) is 3.06. The Morgan fingerprint density at radius 2 is 2.15 bits per heavy atom. The van der Waals surface area contributed by atoms with Crippen LogP contribution in [0.5, 0.6) is 5.75 Å². The topological polar surface area (TPSA) is 70.1 Å². The SMILES string of the molecule is [2H]C1([2H])OC2CN(C(=O)c3ccc(OCCOC(F)(F)F)c(C)n3)CCC2(c2cccc(F)c2)O1. The van der Waals surface area contributed by atoms with E-state index >= 15 is 0 Å². The summed E-state index contributed by atoms with van der Waals surface area (Å²) in [5.74, 6) is -0.752. The van der Waals surface area contributed by atoms with Crippen molar-refractivity contribution in [3.05, 3.63) is 59.2 Å². The standard InChI is InChI=1S/C22H22F4N2O5/c1-14-18(30-9-10-32-22(24,25)26)6-5-17(27-14)20(29)28-8-7-21(19(12-28)31-13-33-21)15-3-2-4-16(23)11-15/h2-6,11,19H,7-10,12-13H2,1H3/i13D2. The number of pyridine rings is 1. The second kappa shape index (κ2) is 9.24. The molecule has 178 valence electrons. The highest BCUT2D eigenvalue weighted by Crippen LogP contribution is 2.42. The molecule has 3 heterocycles. The van der Waals surface area contributed by atoms with E-state index in [2.05, 4.69) is 9.72 Å². The summed E-state index contributed by atoms with van der Waals surface area (Å²) in [6.07, 6.45) is -5.48. The molecule has 2 aromatic rings. The van der Waals surface area contributed by atoms with E-state index in [-0.39, 0.29) is 37.6 Å². The van der Waals surface area contributed by atoms with Crippen molar-refractivity contribution < 1.29 is 44.0 Å². The highest BCUT2D eigenvalue weighted by atomic mass is 19.4. The molecular weight excluding hydrogens is 448 g/mol. The number of benzene rings is 1. The first-order valence-corrected chi connectivity index (χ1v) is 10.1. The Morgan fingerprint density at radius 1 is 1.33 bits per heavy atom. The third kappa shape index (κ3) is 5.10. The molecule has 1 aromatic heterocycles. The molecule has 0 spiro atoms. The summed E-state index contributed by atoms with van der Waals surface area (Å²) in [7, 11) is 0. The number of aromatic nitrogens is 1. The van der Waals surface area contributed by atoms with E-state index in [4.69, 9.17) is 17.0 Å². The summed E-state index contributed by atoms with van der Waals surface area (Å²) in [6.45, 7) is -1.78. The molecule has 33 heavy (non-hydrogen) atoms. The number of ether oxygens (including phenoxy) is 4. The molecule has 0 bridgehead atoms. The largest absolute Gasteiger partial charge is 0.522 e. The lowest BCUT2D eigenvalue weighted by Gasteiger charge is -2.41. The van der Waals surface area contributed by atoms with Gasteiger partial charge in [0.25, 0.3) is 5.91 Å². The minimum absolute atomic E-state index is 0.0252. The molecule has 0 saturated carbocycles. The Morgan fingerprint density at radius 3 is 2.88 bits per heavy atom. The molecule has 0 N–H and O–H groups in total. The molecule has 2 saturated heterocycles. The predicted molar refractivity (Wildman–Crippen MR) is 106 cm³/mol. The molecule has 2 atom stereocenters. The van der Waals surface area contributed by atoms with Crippen molar-refractivity contribution in [2.45, 2.75) is 31.4 Å². The number of carbonyl (C=O) groups is 1. The number of likely N-dealkylation sites (tertiary alicyclic amines) is 1. The zero-order valence-electron chi connectivity index (χ0n) is 19.5. The zero-order valence-corrected chi connectivity index (χ0v) is 17.5. The Balaban J connectivity index is 1.45. The van der Waals surface area contributed by atoms with Crippen LogP contribution in [0.25, 0.3) is 0 Å². The van der Waals surface area contributed by atoms with Crippen LogP contribution < -0.4 is 4.74 Å². The fraction of sp³-hybridized carbons (Fsp3) is 0.455. The summed E-state index contributed by atoms with van der Waals surface area (Å²) < 4.78 is 85.9. The predicted octanol–water partition coefficient (Wildman–Crippen LogP) is 3.56. The molecule has 2 unspecified atom stereocenters. The van der Waals surface area contributed by atoms with Gasteiger partial charge in [0, 0.05) is 13.0 Å². The maximum absolute atomic E-state index is 13.9. The van der Waals surface area contributed by atoms with Crippen molar-refractivity contribution >= 4 is 5.91 Å². The van der Waals surface area contributed by atoms with Crippen LogP contribution >= 0.6 is 0 Å². The smallest absolute Gasteiger partial charge is 0.489 e. The van der Waals surface area contributed by atoms with Crippen LogP contribution in [-0.2, 0) is 19.8 Å². The number of hydrogen-bond acceptors (Lipinski definition) is 6. The lowest BCUT2D eigenvalue weighted by atomic mass is 9.82. The summed E-state index contributed by atoms with van der Waals surface area (Å²) >= 11 is 0. The summed E-state index contributed by atoms with van der Waals surface area (Å²) in [6, 6.07) is 8.47. The second-order valence-corrected chi connectivity index (χ2v) is 7.62. The highest BCUT2D eigenvalue weighted by molar-refractivity contribution is 5.92. The van der Waals surface area contributed by atoms with Crippen molar-refractivity contribution in [3.8, 4) is 5.75 Å². The van der Waals surface area contributed by atoms with Crippen LogP contribution in [0.1, 0.15) is 30.9 Å². The van der Waals surface area contributed by atoms with Crippen LogP contribution in [0.15, 0.2) is 36.4 Å². The van der Waals surface area contributed by atoms with Crippen LogP contribution in [0, 0.1) is 12.7 Å². The van der Waals surface area contributed by atoms with E-state index in [1.54, 1.807) is 13.0 Å². The minimum atomic E-state index is -4.75. The number of halogens is 4. The van der Waals surface area contributed by atoms with Gasteiger partial charge >= 0.3 is 6.36 Å². The molecule has 0 radical (unpaired) electrons. The van der Waals surface area contributed by atoms with Gasteiger partial charge in [0.15, 0.2) is 0 Å². The molecule has 1 aromatic carbocycles. The number of hydrogen-bond donors (Lipinski definition) is 0. The first-order chi connectivity index (χ1) is 16.4. The van der Waals surface area contributed by atoms with Gasteiger partial charge in [0.2, 0.25) is 0 Å². The van der Waals surface area contributed by atoms with E-state index in [0.717, 1.165) is 0 Å². The highest BCUT2D eigenvalue weighted by Gasteiger charge is 2.51. The number of nitrogens with zero attached hydrogens (tertiary/aromatic N) is 2. The summed E-state index contributed by atoms with van der Waals surface area (Å²) in [5.41, 5.74) is -0.477. The Kier molecular flexibility index (Phi) is 5.83. The minimum Gasteiger partial charge on any atom is -0.489 e. The zero-order chi connectivity index (χ0) is 25.4. The number of fused-ring (bicyclic) bond motifs is 1. The van der Waals surface area contributed by atoms with Gasteiger partial charge in [-0.1, -0.05) is 12.1 Å². The van der Waals surface area contributed by atoms with Crippen molar-refractivity contribution in [1.29, 1.82) is 0 Å². The molecule has 0 aliphatic carbocycles. The summed E-state index contributed by atoms with van der Waals surface area (Å²) in [4.78, 5) is 18.7. The fourth-order valence-corrected chi connectivity index (χ4v) is 3.92. The van der Waals surface area contributed by atoms with Gasteiger partial charge in [-0.25, -0.2) is 9.37 Å². The second-order valence-electron chi connectivity index (χ2n) is 7.62. The third-order valence-corrected chi connectivity index (χ3v) is 5.54. The first kappa shape index (κ1) is 20.8. The van der Waals surface area contributed by atoms with Crippen LogP contribution in [0.4, 0.5) is 17.6 Å². The fourth-order valence-electron chi connectivity index (χ4n) is 3.92. The van der Waals surface area contributed by atoms with Crippen molar-refractivity contribution in [1.82, 2.24) is 9.88 Å². The lowest BCUT2D eigenvalue weighted by molar-refractivity contribution is -0.325. The number of rotatable bonds is 6. The lowest BCUT2D eigenvalue weighted by Crippen LogP contribution is -2.53. The molecule has 2 fully saturated rings. The monoisotopic (exact) mass is 472 g/mol. The molecule has 4 rings (SSSR count). The first-order valence-electron chi connectivity index (χ1n) is 11.1. The van der Waals surface area contributed by atoms with Crippen molar-refractivity contribution in [3.63, 3.8) is 0 Å². The number of aryl methyl sites for hydroxylation is 1. The van der Waals surface area contributed by atoms with Crippen molar-refractivity contribution in [2.75, 3.05) is 33.0 Å². The molecule has 7 nitrogen and oxygen atoms in total. The van der Waals surface area contributed by atoms with Gasteiger partial charge < -0.3 is 19.1 Å². The van der Waals surface area contributed by atoms with E-state index in [9.17, 15) is 22.4 Å². The summed E-state index contributed by atoms with van der Waals surface area (Å²) in [5, 5.41) is 0. The normalized spacial score (nSPS) is 25.2. The van der Waals surface area contributed by atoms with Gasteiger partial charge in [-0.3, -0.25) is 9.53 Å². The maximum Gasteiger partial charge on any atom is 0.522 e. The number of amides is 1. The quantitative estimate of drug-likeness (QED) is 0.473. The van der Waals surface area contributed by atoms with Gasteiger partial charge in [-0.15, -0.1) is 13.2 Å². The number of alkyl halides is 3. The number of piperidine rings is 1. The van der Waals surface area contributed by atoms with Crippen LogP contribution in [0.3, 0.4) is 0 Å². The van der Waals surface area contributed by atoms with Crippen molar-refractivity contribution in [2.24, 2.45) is 0 Å². The molecule has 1 amide bonds. The van der Waals surface area contributed by atoms with Crippen LogP contribution in [-0.4, -0.2) is 61.3 Å². The average molecular weight is 472 g/mol. The van der Waals surface area contributed by atoms with Gasteiger partial charge in [0.1, 0.15) is 42.3 Å². The van der Waals surface area contributed by atoms with E-state index in [1.807, 2.05) is 0 Å². The Labute approximate surface area is 190 Å². The van der Waals surface area contributed by atoms with E-state index < -0.39 is 43.1 Å². The maximum atomic E-state index is 13.9. The molecular formula is C22H22F4N2O5. The third-order valence-electron chi connectivity index (χ3n) is 5.54. The van der Waals surface area contributed by atoms with Gasteiger partial charge in [-0.2, -0.15) is 0 Å².